The molecule has 3 N–H and O–H groups in total. The number of aromatic nitrogens is 6. The van der Waals surface area contributed by atoms with Gasteiger partial charge in [-0.3, -0.25) is 24.8 Å². The number of fused-ring (bicyclic) bond motifs is 2. The molecular weight excluding hydrogens is 450 g/mol. The van der Waals surface area contributed by atoms with Crippen molar-refractivity contribution in [3.63, 3.8) is 0 Å². The van der Waals surface area contributed by atoms with Crippen LogP contribution in [0.4, 0.5) is 5.69 Å². The Morgan fingerprint density at radius 3 is 2.64 bits per heavy atom. The second-order valence-corrected chi connectivity index (χ2v) is 8.96. The van der Waals surface area contributed by atoms with Gasteiger partial charge in [-0.15, -0.1) is 0 Å². The van der Waals surface area contributed by atoms with Gasteiger partial charge in [0.2, 0.25) is 5.91 Å². The standard InChI is InChI=1S/C28H23N7O/c1-16(2)28(36)32-18-10-17(13-29-14-18)24-12-21-26(15-31-24)34-35-27(21)25-11-20-19(6-5-8-23(20)33-25)22-7-3-4-9-30-22/h3-16,33H,1-2H3,(H,32,36)(H,34,35). The Bertz CT molecular complexity index is 1720. The number of amides is 1. The molecule has 0 saturated carbocycles. The zero-order chi connectivity index (χ0) is 24.6. The quantitative estimate of drug-likeness (QED) is 0.292. The molecule has 5 aromatic heterocycles. The molecule has 0 atom stereocenters. The van der Waals surface area contributed by atoms with Gasteiger partial charge in [-0.05, 0) is 36.4 Å². The van der Waals surface area contributed by atoms with Gasteiger partial charge in [0.05, 0.1) is 40.7 Å². The highest BCUT2D eigenvalue weighted by molar-refractivity contribution is 6.01. The molecule has 8 heteroatoms. The molecule has 1 aromatic carbocycles. The third-order valence-electron chi connectivity index (χ3n) is 6.13. The van der Waals surface area contributed by atoms with E-state index in [0.29, 0.717) is 5.69 Å². The van der Waals surface area contributed by atoms with Gasteiger partial charge >= 0.3 is 0 Å². The Kier molecular flexibility index (Phi) is 5.26. The Labute approximate surface area is 206 Å². The fraction of sp³-hybridized carbons (Fsp3) is 0.107. The number of nitrogens with zero attached hydrogens (tertiary/aromatic N) is 4. The summed E-state index contributed by atoms with van der Waals surface area (Å²) in [6, 6.07) is 18.0. The lowest BCUT2D eigenvalue weighted by Crippen LogP contribution is -2.17. The number of benzene rings is 1. The van der Waals surface area contributed by atoms with Gasteiger partial charge in [0, 0.05) is 45.7 Å². The predicted octanol–water partition coefficient (Wildman–Crippen LogP) is 5.82. The summed E-state index contributed by atoms with van der Waals surface area (Å²) < 4.78 is 0. The second-order valence-electron chi connectivity index (χ2n) is 8.96. The van der Waals surface area contributed by atoms with Crippen molar-refractivity contribution < 1.29 is 4.79 Å². The minimum Gasteiger partial charge on any atom is -0.353 e. The number of hydrogen-bond donors (Lipinski definition) is 3. The van der Waals surface area contributed by atoms with Gasteiger partial charge in [0.15, 0.2) is 0 Å². The van der Waals surface area contributed by atoms with E-state index in [-0.39, 0.29) is 11.8 Å². The molecule has 0 aliphatic heterocycles. The lowest BCUT2D eigenvalue weighted by molar-refractivity contribution is -0.118. The molecule has 0 bridgehead atoms. The van der Waals surface area contributed by atoms with Gasteiger partial charge in [0.25, 0.3) is 0 Å². The minimum absolute atomic E-state index is 0.0571. The van der Waals surface area contributed by atoms with Crippen molar-refractivity contribution in [2.45, 2.75) is 13.8 Å². The third-order valence-corrected chi connectivity index (χ3v) is 6.13. The molecule has 0 aliphatic carbocycles. The Balaban J connectivity index is 1.41. The maximum atomic E-state index is 12.1. The maximum absolute atomic E-state index is 12.1. The van der Waals surface area contributed by atoms with Crippen LogP contribution in [-0.2, 0) is 4.79 Å². The Hall–Kier alpha value is -4.85. The molecular formula is C28H23N7O. The normalized spacial score (nSPS) is 11.4. The smallest absolute Gasteiger partial charge is 0.226 e. The summed E-state index contributed by atoms with van der Waals surface area (Å²) in [5, 5.41) is 12.6. The molecule has 8 nitrogen and oxygen atoms in total. The number of nitrogens with one attached hydrogen (secondary N) is 3. The third kappa shape index (κ3) is 3.88. The van der Waals surface area contributed by atoms with E-state index < -0.39 is 0 Å². The van der Waals surface area contributed by atoms with Crippen molar-refractivity contribution in [3.05, 3.63) is 79.4 Å². The molecule has 5 heterocycles. The average molecular weight is 474 g/mol. The first-order chi connectivity index (χ1) is 17.6. The van der Waals surface area contributed by atoms with Crippen molar-refractivity contribution in [2.24, 2.45) is 5.92 Å². The van der Waals surface area contributed by atoms with Crippen LogP contribution in [0.2, 0.25) is 0 Å². The minimum atomic E-state index is -0.119. The number of anilines is 1. The molecule has 1 amide bonds. The van der Waals surface area contributed by atoms with Crippen LogP contribution in [0.15, 0.2) is 79.4 Å². The monoisotopic (exact) mass is 473 g/mol. The number of aromatic amines is 2. The van der Waals surface area contributed by atoms with Crippen LogP contribution in [0.3, 0.4) is 0 Å². The fourth-order valence-electron chi connectivity index (χ4n) is 4.24. The number of pyridine rings is 3. The van der Waals surface area contributed by atoms with E-state index in [1.807, 2.05) is 50.2 Å². The van der Waals surface area contributed by atoms with E-state index in [1.54, 1.807) is 24.8 Å². The Morgan fingerprint density at radius 1 is 0.889 bits per heavy atom. The van der Waals surface area contributed by atoms with Gasteiger partial charge in [0.1, 0.15) is 5.69 Å². The van der Waals surface area contributed by atoms with Crippen molar-refractivity contribution in [1.29, 1.82) is 0 Å². The first kappa shape index (κ1) is 21.7. The zero-order valence-corrected chi connectivity index (χ0v) is 19.8. The molecule has 0 radical (unpaired) electrons. The molecule has 0 saturated heterocycles. The summed E-state index contributed by atoms with van der Waals surface area (Å²) in [5.74, 6) is -0.176. The molecule has 176 valence electrons. The van der Waals surface area contributed by atoms with Crippen molar-refractivity contribution in [2.75, 3.05) is 5.32 Å². The van der Waals surface area contributed by atoms with E-state index in [4.69, 9.17) is 0 Å². The number of carbonyl (C=O) groups excluding carboxylic acids is 1. The van der Waals surface area contributed by atoms with Crippen molar-refractivity contribution in [3.8, 4) is 33.9 Å². The average Bonchev–Trinajstić information content (AvgIpc) is 3.53. The summed E-state index contributed by atoms with van der Waals surface area (Å²) in [5.41, 5.74) is 7.70. The number of hydrogen-bond acceptors (Lipinski definition) is 5. The van der Waals surface area contributed by atoms with E-state index in [0.717, 1.165) is 55.7 Å². The van der Waals surface area contributed by atoms with Crippen LogP contribution in [0, 0.1) is 5.92 Å². The largest absolute Gasteiger partial charge is 0.353 e. The highest BCUT2D eigenvalue weighted by atomic mass is 16.1. The topological polar surface area (TPSA) is 112 Å². The maximum Gasteiger partial charge on any atom is 0.226 e. The zero-order valence-electron chi connectivity index (χ0n) is 19.8. The molecule has 0 aliphatic rings. The summed E-state index contributed by atoms with van der Waals surface area (Å²) in [4.78, 5) is 29.0. The summed E-state index contributed by atoms with van der Waals surface area (Å²) in [6.07, 6.45) is 6.94. The van der Waals surface area contributed by atoms with Crippen LogP contribution in [0.1, 0.15) is 13.8 Å². The van der Waals surface area contributed by atoms with E-state index >= 15 is 0 Å². The number of H-pyrrole nitrogens is 2. The molecule has 0 unspecified atom stereocenters. The van der Waals surface area contributed by atoms with Crippen molar-refractivity contribution in [1.82, 2.24) is 30.1 Å². The van der Waals surface area contributed by atoms with Gasteiger partial charge in [-0.25, -0.2) is 0 Å². The molecule has 6 rings (SSSR count). The molecule has 0 fully saturated rings. The number of carbonyl (C=O) groups is 1. The van der Waals surface area contributed by atoms with Crippen LogP contribution in [0.5, 0.6) is 0 Å². The Morgan fingerprint density at radius 2 is 1.81 bits per heavy atom. The van der Waals surface area contributed by atoms with E-state index in [2.05, 4.69) is 53.6 Å². The van der Waals surface area contributed by atoms with Gasteiger partial charge < -0.3 is 10.3 Å². The van der Waals surface area contributed by atoms with Crippen LogP contribution in [0.25, 0.3) is 55.7 Å². The lowest BCUT2D eigenvalue weighted by Gasteiger charge is -2.08. The predicted molar refractivity (Wildman–Crippen MR) is 141 cm³/mol. The van der Waals surface area contributed by atoms with E-state index in [9.17, 15) is 4.79 Å². The molecule has 6 aromatic rings. The van der Waals surface area contributed by atoms with E-state index in [1.165, 1.54) is 0 Å². The molecule has 36 heavy (non-hydrogen) atoms. The first-order valence-corrected chi connectivity index (χ1v) is 11.7. The highest BCUT2D eigenvalue weighted by Crippen LogP contribution is 2.34. The lowest BCUT2D eigenvalue weighted by atomic mass is 10.1. The summed E-state index contributed by atoms with van der Waals surface area (Å²) in [6.45, 7) is 3.71. The van der Waals surface area contributed by atoms with Crippen LogP contribution >= 0.6 is 0 Å². The number of rotatable bonds is 5. The highest BCUT2D eigenvalue weighted by Gasteiger charge is 2.15. The van der Waals surface area contributed by atoms with Crippen LogP contribution < -0.4 is 5.32 Å². The van der Waals surface area contributed by atoms with Crippen LogP contribution in [-0.4, -0.2) is 36.0 Å². The van der Waals surface area contributed by atoms with Gasteiger partial charge in [-0.2, -0.15) is 5.10 Å². The fourth-order valence-corrected chi connectivity index (χ4v) is 4.24. The summed E-state index contributed by atoms with van der Waals surface area (Å²) >= 11 is 0. The second kappa shape index (κ2) is 8.74. The van der Waals surface area contributed by atoms with Gasteiger partial charge in [-0.1, -0.05) is 32.0 Å². The van der Waals surface area contributed by atoms with Crippen molar-refractivity contribution >= 4 is 33.4 Å². The SMILES string of the molecule is CC(C)C(=O)Nc1cncc(-c2cc3c(-c4cc5c(-c6ccccn6)cccc5[nH]4)n[nH]c3cn2)c1. The first-order valence-electron chi connectivity index (χ1n) is 11.7. The summed E-state index contributed by atoms with van der Waals surface area (Å²) in [7, 11) is 0. The molecule has 0 spiro atoms.